The fourth-order valence-electron chi connectivity index (χ4n) is 2.99. The Bertz CT molecular complexity index is 588. The summed E-state index contributed by atoms with van der Waals surface area (Å²) in [5, 5.41) is 0. The van der Waals surface area contributed by atoms with Crippen LogP contribution < -0.4 is 5.73 Å². The number of benzene rings is 1. The molecule has 3 rings (SSSR count). The van der Waals surface area contributed by atoms with Crippen molar-refractivity contribution in [2.75, 3.05) is 6.54 Å². The molecule has 0 fully saturated rings. The van der Waals surface area contributed by atoms with Crippen LogP contribution in [0.4, 0.5) is 0 Å². The van der Waals surface area contributed by atoms with Gasteiger partial charge in [0.1, 0.15) is 11.5 Å². The molecule has 0 radical (unpaired) electrons. The Labute approximate surface area is 120 Å². The maximum absolute atomic E-state index is 5.65. The molecule has 3 nitrogen and oxygen atoms in total. The minimum atomic E-state index is 0.476. The molecule has 0 spiro atoms. The largest absolute Gasteiger partial charge is 0.465 e. The SMILES string of the molecule is Cc1oc(CN)cc1CN1CCCc2ccccc2C1. The van der Waals surface area contributed by atoms with Crippen LogP contribution in [0, 0.1) is 6.92 Å². The molecular weight excluding hydrogens is 248 g/mol. The minimum absolute atomic E-state index is 0.476. The lowest BCUT2D eigenvalue weighted by molar-refractivity contribution is 0.259. The van der Waals surface area contributed by atoms with Crippen LogP contribution in [-0.2, 0) is 26.1 Å². The summed E-state index contributed by atoms with van der Waals surface area (Å²) in [5.41, 5.74) is 9.88. The number of furan rings is 1. The van der Waals surface area contributed by atoms with E-state index in [1.165, 1.54) is 29.5 Å². The van der Waals surface area contributed by atoms with E-state index in [1.807, 2.05) is 6.92 Å². The summed E-state index contributed by atoms with van der Waals surface area (Å²) < 4.78 is 5.65. The molecule has 1 aliphatic rings. The molecule has 0 atom stereocenters. The van der Waals surface area contributed by atoms with Crippen LogP contribution in [0.25, 0.3) is 0 Å². The third-order valence-corrected chi connectivity index (χ3v) is 4.10. The van der Waals surface area contributed by atoms with E-state index in [0.717, 1.165) is 31.2 Å². The molecule has 1 aromatic heterocycles. The molecular formula is C17H22N2O. The monoisotopic (exact) mass is 270 g/mol. The lowest BCUT2D eigenvalue weighted by Gasteiger charge is -2.20. The van der Waals surface area contributed by atoms with E-state index >= 15 is 0 Å². The molecule has 20 heavy (non-hydrogen) atoms. The van der Waals surface area contributed by atoms with Crippen LogP contribution in [0.5, 0.6) is 0 Å². The summed E-state index contributed by atoms with van der Waals surface area (Å²) >= 11 is 0. The summed E-state index contributed by atoms with van der Waals surface area (Å²) in [6, 6.07) is 10.9. The molecule has 2 heterocycles. The number of hydrogen-bond acceptors (Lipinski definition) is 3. The lowest BCUT2D eigenvalue weighted by Crippen LogP contribution is -2.22. The van der Waals surface area contributed by atoms with Crippen LogP contribution in [0.2, 0.25) is 0 Å². The highest BCUT2D eigenvalue weighted by Crippen LogP contribution is 2.22. The molecule has 0 amide bonds. The van der Waals surface area contributed by atoms with Gasteiger partial charge in [-0.2, -0.15) is 0 Å². The molecule has 2 aromatic rings. The van der Waals surface area contributed by atoms with E-state index in [2.05, 4.69) is 35.2 Å². The van der Waals surface area contributed by atoms with Crippen molar-refractivity contribution in [3.8, 4) is 0 Å². The summed E-state index contributed by atoms with van der Waals surface area (Å²) in [5.74, 6) is 1.88. The quantitative estimate of drug-likeness (QED) is 0.932. The smallest absolute Gasteiger partial charge is 0.118 e. The first-order chi connectivity index (χ1) is 9.76. The van der Waals surface area contributed by atoms with Crippen LogP contribution in [0.15, 0.2) is 34.7 Å². The Morgan fingerprint density at radius 2 is 2.05 bits per heavy atom. The predicted octanol–water partition coefficient (Wildman–Crippen LogP) is 3.00. The van der Waals surface area contributed by atoms with Gasteiger partial charge < -0.3 is 10.2 Å². The number of fused-ring (bicyclic) bond motifs is 1. The van der Waals surface area contributed by atoms with Crippen molar-refractivity contribution in [2.24, 2.45) is 5.73 Å². The summed E-state index contributed by atoms with van der Waals surface area (Å²) in [6.45, 7) is 5.61. The summed E-state index contributed by atoms with van der Waals surface area (Å²) in [4.78, 5) is 2.50. The maximum atomic E-state index is 5.65. The van der Waals surface area contributed by atoms with Gasteiger partial charge in [-0.05, 0) is 43.5 Å². The minimum Gasteiger partial charge on any atom is -0.465 e. The zero-order chi connectivity index (χ0) is 13.9. The Balaban J connectivity index is 1.76. The average Bonchev–Trinajstić information content (AvgIpc) is 2.69. The van der Waals surface area contributed by atoms with E-state index in [1.54, 1.807) is 0 Å². The highest BCUT2D eigenvalue weighted by molar-refractivity contribution is 5.28. The maximum Gasteiger partial charge on any atom is 0.118 e. The van der Waals surface area contributed by atoms with Crippen molar-refractivity contribution in [3.05, 3.63) is 58.5 Å². The standard InChI is InChI=1S/C17H22N2O/c1-13-16(9-17(10-18)20-13)12-19-8-4-7-14-5-2-3-6-15(14)11-19/h2-3,5-6,9H,4,7-8,10-12,18H2,1H3. The zero-order valence-corrected chi connectivity index (χ0v) is 12.1. The van der Waals surface area contributed by atoms with Crippen molar-refractivity contribution in [3.63, 3.8) is 0 Å². The molecule has 1 aliphatic heterocycles. The van der Waals surface area contributed by atoms with Crippen molar-refractivity contribution in [2.45, 2.75) is 39.4 Å². The summed E-state index contributed by atoms with van der Waals surface area (Å²) in [6.07, 6.45) is 2.41. The molecule has 0 saturated carbocycles. The van der Waals surface area contributed by atoms with Gasteiger partial charge in [-0.1, -0.05) is 24.3 Å². The average molecular weight is 270 g/mol. The second-order valence-electron chi connectivity index (χ2n) is 5.58. The highest BCUT2D eigenvalue weighted by atomic mass is 16.3. The second kappa shape index (κ2) is 5.81. The van der Waals surface area contributed by atoms with Gasteiger partial charge in [0.25, 0.3) is 0 Å². The highest BCUT2D eigenvalue weighted by Gasteiger charge is 2.16. The molecule has 0 aliphatic carbocycles. The predicted molar refractivity (Wildman–Crippen MR) is 80.2 cm³/mol. The van der Waals surface area contributed by atoms with Gasteiger partial charge in [0, 0.05) is 18.7 Å². The van der Waals surface area contributed by atoms with Gasteiger partial charge in [-0.3, -0.25) is 4.90 Å². The van der Waals surface area contributed by atoms with E-state index in [0.29, 0.717) is 6.54 Å². The molecule has 0 unspecified atom stereocenters. The first-order valence-electron chi connectivity index (χ1n) is 7.33. The topological polar surface area (TPSA) is 42.4 Å². The second-order valence-corrected chi connectivity index (χ2v) is 5.58. The Hall–Kier alpha value is -1.58. The number of nitrogens with two attached hydrogens (primary N) is 1. The Kier molecular flexibility index (Phi) is 3.90. The third-order valence-electron chi connectivity index (χ3n) is 4.10. The van der Waals surface area contributed by atoms with Gasteiger partial charge in [0.15, 0.2) is 0 Å². The third kappa shape index (κ3) is 2.79. The normalized spacial score (nSPS) is 15.9. The Morgan fingerprint density at radius 1 is 1.25 bits per heavy atom. The Morgan fingerprint density at radius 3 is 2.80 bits per heavy atom. The van der Waals surface area contributed by atoms with Gasteiger partial charge in [-0.25, -0.2) is 0 Å². The van der Waals surface area contributed by atoms with Gasteiger partial charge in [-0.15, -0.1) is 0 Å². The molecule has 0 saturated heterocycles. The summed E-state index contributed by atoms with van der Waals surface area (Å²) in [7, 11) is 0. The fraction of sp³-hybridized carbons (Fsp3) is 0.412. The molecule has 0 bridgehead atoms. The number of nitrogens with zero attached hydrogens (tertiary/aromatic N) is 1. The van der Waals surface area contributed by atoms with Gasteiger partial charge in [0.05, 0.1) is 6.54 Å². The van der Waals surface area contributed by atoms with E-state index in [-0.39, 0.29) is 0 Å². The zero-order valence-electron chi connectivity index (χ0n) is 12.1. The number of aryl methyl sites for hydroxylation is 2. The molecule has 106 valence electrons. The van der Waals surface area contributed by atoms with Crippen LogP contribution in [0.1, 0.15) is 34.6 Å². The van der Waals surface area contributed by atoms with Gasteiger partial charge >= 0.3 is 0 Å². The van der Waals surface area contributed by atoms with Crippen molar-refractivity contribution < 1.29 is 4.42 Å². The number of hydrogen-bond donors (Lipinski definition) is 1. The molecule has 2 N–H and O–H groups in total. The van der Waals surface area contributed by atoms with Crippen molar-refractivity contribution >= 4 is 0 Å². The van der Waals surface area contributed by atoms with Crippen LogP contribution >= 0.6 is 0 Å². The van der Waals surface area contributed by atoms with Crippen LogP contribution in [0.3, 0.4) is 0 Å². The fourth-order valence-corrected chi connectivity index (χ4v) is 2.99. The van der Waals surface area contributed by atoms with Crippen molar-refractivity contribution in [1.82, 2.24) is 4.90 Å². The van der Waals surface area contributed by atoms with Crippen molar-refractivity contribution in [1.29, 1.82) is 0 Å². The molecule has 1 aromatic carbocycles. The first-order valence-corrected chi connectivity index (χ1v) is 7.33. The first kappa shape index (κ1) is 13.4. The molecule has 3 heteroatoms. The lowest BCUT2D eigenvalue weighted by atomic mass is 10.0. The van der Waals surface area contributed by atoms with Gasteiger partial charge in [0.2, 0.25) is 0 Å². The van der Waals surface area contributed by atoms with E-state index < -0.39 is 0 Å². The van der Waals surface area contributed by atoms with E-state index in [9.17, 15) is 0 Å². The van der Waals surface area contributed by atoms with Crippen LogP contribution in [-0.4, -0.2) is 11.4 Å². The van der Waals surface area contributed by atoms with E-state index in [4.69, 9.17) is 10.2 Å². The number of rotatable bonds is 3.